The van der Waals surface area contributed by atoms with Gasteiger partial charge in [0.15, 0.2) is 0 Å². The Labute approximate surface area is 499 Å². The van der Waals surface area contributed by atoms with Gasteiger partial charge in [-0.1, -0.05) is 347 Å². The van der Waals surface area contributed by atoms with Crippen LogP contribution in [-0.2, 0) is 29.2 Å². The Bertz CT molecular complexity index is 1260. The molecule has 0 aromatic rings. The van der Waals surface area contributed by atoms with Crippen LogP contribution in [-0.4, -0.2) is 76.9 Å². The van der Waals surface area contributed by atoms with Crippen molar-refractivity contribution >= 4 is 58.5 Å². The van der Waals surface area contributed by atoms with Gasteiger partial charge in [-0.25, -0.2) is 16.8 Å². The Kier molecular flexibility index (Phi) is 69.4. The Morgan fingerprint density at radius 1 is 0.293 bits per heavy atom. The molecule has 0 aromatic heterocycles. The summed E-state index contributed by atoms with van der Waals surface area (Å²) in [6.45, 7) is 9.00. The van der Waals surface area contributed by atoms with Crippen molar-refractivity contribution in [3.05, 3.63) is 24.3 Å². The second kappa shape index (κ2) is 65.3. The van der Waals surface area contributed by atoms with Crippen LogP contribution >= 0.6 is 0 Å². The quantitative estimate of drug-likeness (QED) is 0.0193. The smallest absolute Gasteiger partial charge is 0.726 e. The minimum absolute atomic E-state index is 0. The number of rotatable bonds is 60. The average molecular weight is 1130 g/mol. The van der Waals surface area contributed by atoms with Gasteiger partial charge in [0.2, 0.25) is 20.8 Å². The summed E-state index contributed by atoms with van der Waals surface area (Å²) in [5.74, 6) is 0.0363. The fourth-order valence-electron chi connectivity index (χ4n) is 10.1. The summed E-state index contributed by atoms with van der Waals surface area (Å²) < 4.78 is 74.5. The second-order valence-corrected chi connectivity index (χ2v) is 24.6. The van der Waals surface area contributed by atoms with E-state index in [-0.39, 0.29) is 62.8 Å². The molecule has 2 atom stereocenters. The SMILES string of the molecule is CCCCCCCCC/C=C/C(CCCCCCCCCCCCCCCCCCC)COS(=O)(=O)[O-].CCCCCCCCC/C=C/C(CCCCCCCCCCCCCCCCCCC)COS(=O)(=O)[O-].[Ca+2]. The summed E-state index contributed by atoms with van der Waals surface area (Å²) >= 11 is 0. The van der Waals surface area contributed by atoms with E-state index in [0.717, 1.165) is 38.5 Å². The van der Waals surface area contributed by atoms with Gasteiger partial charge in [0.25, 0.3) is 0 Å². The molecule has 0 spiro atoms. The molecule has 11 heteroatoms. The van der Waals surface area contributed by atoms with Crippen LogP contribution < -0.4 is 0 Å². The average Bonchev–Trinajstić information content (AvgIpc) is 3.37. The normalized spacial score (nSPS) is 12.9. The number of unbranched alkanes of at least 4 members (excludes halogenated alkanes) is 46. The van der Waals surface area contributed by atoms with Crippen molar-refractivity contribution in [2.24, 2.45) is 11.8 Å². The molecule has 0 amide bonds. The summed E-state index contributed by atoms with van der Waals surface area (Å²) in [4.78, 5) is 0. The molecule has 0 aliphatic heterocycles. The Morgan fingerprint density at radius 3 is 0.653 bits per heavy atom. The van der Waals surface area contributed by atoms with Crippen molar-refractivity contribution in [3.63, 3.8) is 0 Å². The van der Waals surface area contributed by atoms with Crippen molar-refractivity contribution in [1.82, 2.24) is 0 Å². The fourth-order valence-corrected chi connectivity index (χ4v) is 10.8. The van der Waals surface area contributed by atoms with E-state index >= 15 is 0 Å². The second-order valence-electron chi connectivity index (χ2n) is 22.5. The summed E-state index contributed by atoms with van der Waals surface area (Å²) in [5.41, 5.74) is 0. The molecule has 0 N–H and O–H groups in total. The Hall–Kier alpha value is 0.480. The molecule has 0 bridgehead atoms. The van der Waals surface area contributed by atoms with Crippen LogP contribution in [0.3, 0.4) is 0 Å². The maximum absolute atomic E-state index is 10.9. The molecule has 0 rings (SSSR count). The van der Waals surface area contributed by atoms with Crippen LogP contribution in [0.1, 0.15) is 362 Å². The molecule has 0 radical (unpaired) electrons. The van der Waals surface area contributed by atoms with E-state index < -0.39 is 20.8 Å². The zero-order valence-corrected chi connectivity index (χ0v) is 54.3. The van der Waals surface area contributed by atoms with Crippen molar-refractivity contribution in [1.29, 1.82) is 0 Å². The van der Waals surface area contributed by atoms with Crippen LogP contribution in [0.4, 0.5) is 0 Å². The molecule has 2 unspecified atom stereocenters. The predicted octanol–water partition coefficient (Wildman–Crippen LogP) is 21.3. The first-order valence-electron chi connectivity index (χ1n) is 32.5. The molecule has 0 fully saturated rings. The van der Waals surface area contributed by atoms with E-state index in [1.54, 1.807) is 0 Å². The first kappa shape index (κ1) is 79.7. The first-order valence-corrected chi connectivity index (χ1v) is 35.2. The number of hydrogen-bond donors (Lipinski definition) is 0. The summed E-state index contributed by atoms with van der Waals surface area (Å²) in [7, 11) is -9.23. The molecule has 0 heterocycles. The van der Waals surface area contributed by atoms with E-state index in [1.165, 1.54) is 295 Å². The van der Waals surface area contributed by atoms with Gasteiger partial charge in [-0.05, 0) is 38.5 Å². The molecule has 75 heavy (non-hydrogen) atoms. The standard InChI is InChI=1S/2C32H64O4S.Ca/c2*1-3-5-7-9-11-13-14-15-16-17-18-19-20-22-24-26-28-30-32(31-36-37(33,34)35)29-27-25-23-21-12-10-8-6-4-2;/h2*27,29,32H,3-26,28,30-31H2,1-2H3,(H,33,34,35);/q;;+2/p-2/b2*29-27+;. The van der Waals surface area contributed by atoms with Gasteiger partial charge in [-0.3, -0.25) is 8.37 Å². The third-order valence-electron chi connectivity index (χ3n) is 15.0. The van der Waals surface area contributed by atoms with Crippen molar-refractivity contribution in [2.75, 3.05) is 13.2 Å². The zero-order chi connectivity index (χ0) is 54.6. The van der Waals surface area contributed by atoms with Crippen LogP contribution in [0, 0.1) is 11.8 Å². The van der Waals surface area contributed by atoms with Crippen LogP contribution in [0.15, 0.2) is 24.3 Å². The molecule has 8 nitrogen and oxygen atoms in total. The summed E-state index contributed by atoms with van der Waals surface area (Å²) in [6, 6.07) is 0. The van der Waals surface area contributed by atoms with Gasteiger partial charge in [-0.15, -0.1) is 0 Å². The van der Waals surface area contributed by atoms with E-state index in [9.17, 15) is 25.9 Å². The third-order valence-corrected chi connectivity index (χ3v) is 15.8. The topological polar surface area (TPSA) is 133 Å². The third kappa shape index (κ3) is 74.5. The van der Waals surface area contributed by atoms with Gasteiger partial charge < -0.3 is 9.11 Å². The molecule has 0 aliphatic rings. The number of hydrogen-bond acceptors (Lipinski definition) is 8. The van der Waals surface area contributed by atoms with Gasteiger partial charge in [0.05, 0.1) is 13.2 Å². The van der Waals surface area contributed by atoms with E-state index in [4.69, 9.17) is 0 Å². The molecule has 0 aromatic carbocycles. The maximum Gasteiger partial charge on any atom is 2.00 e. The van der Waals surface area contributed by atoms with Crippen LogP contribution in [0.5, 0.6) is 0 Å². The number of allylic oxidation sites excluding steroid dienone is 2. The van der Waals surface area contributed by atoms with Gasteiger partial charge in [0.1, 0.15) is 0 Å². The Balaban J connectivity index is -0.00000136. The van der Waals surface area contributed by atoms with Gasteiger partial charge >= 0.3 is 37.7 Å². The van der Waals surface area contributed by atoms with E-state index in [1.807, 2.05) is 0 Å². The zero-order valence-electron chi connectivity index (χ0n) is 50.4. The molecular formula is C64H126CaO8S2. The summed E-state index contributed by atoms with van der Waals surface area (Å²) in [6.07, 6.45) is 76.2. The maximum atomic E-state index is 10.9. The minimum Gasteiger partial charge on any atom is -0.726 e. The van der Waals surface area contributed by atoms with Crippen molar-refractivity contribution in [3.8, 4) is 0 Å². The largest absolute Gasteiger partial charge is 2.00 e. The summed E-state index contributed by atoms with van der Waals surface area (Å²) in [5, 5.41) is 0. The first-order chi connectivity index (χ1) is 36.0. The van der Waals surface area contributed by atoms with Crippen LogP contribution in [0.2, 0.25) is 0 Å². The molecular weight excluding hydrogens is 1000 g/mol. The fraction of sp³-hybridized carbons (Fsp3) is 0.938. The van der Waals surface area contributed by atoms with Crippen molar-refractivity contribution in [2.45, 2.75) is 362 Å². The molecule has 0 saturated heterocycles. The molecule has 444 valence electrons. The van der Waals surface area contributed by atoms with Crippen LogP contribution in [0.25, 0.3) is 0 Å². The van der Waals surface area contributed by atoms with Gasteiger partial charge in [0, 0.05) is 11.8 Å². The molecule has 0 saturated carbocycles. The van der Waals surface area contributed by atoms with Gasteiger partial charge in [-0.2, -0.15) is 0 Å². The minimum atomic E-state index is -4.62. The monoisotopic (exact) mass is 1130 g/mol. The predicted molar refractivity (Wildman–Crippen MR) is 325 cm³/mol. The van der Waals surface area contributed by atoms with Crippen molar-refractivity contribution < 1.29 is 34.3 Å². The molecule has 0 aliphatic carbocycles. The van der Waals surface area contributed by atoms with E-state index in [2.05, 4.69) is 60.4 Å². The Morgan fingerprint density at radius 2 is 0.467 bits per heavy atom. The van der Waals surface area contributed by atoms with E-state index in [0.29, 0.717) is 0 Å².